The number of nitrogens with zero attached hydrogens (tertiary/aromatic N) is 2. The van der Waals surface area contributed by atoms with Crippen LogP contribution < -0.4 is 0 Å². The monoisotopic (exact) mass is 325 g/mol. The first-order valence-electron chi connectivity index (χ1n) is 5.05. The molecule has 17 heavy (non-hydrogen) atoms. The van der Waals surface area contributed by atoms with E-state index in [1.165, 1.54) is 11.3 Å². The second-order valence-electron chi connectivity index (χ2n) is 3.73. The molecule has 0 aliphatic carbocycles. The summed E-state index contributed by atoms with van der Waals surface area (Å²) in [6.45, 7) is 0. The lowest BCUT2D eigenvalue weighted by atomic mass is 10.2. The molecule has 0 spiro atoms. The van der Waals surface area contributed by atoms with Crippen LogP contribution in [0.25, 0.3) is 11.4 Å². The minimum absolute atomic E-state index is 0.707. The molecule has 0 amide bonds. The molecule has 2 aromatic rings. The minimum Gasteiger partial charge on any atom is -0.342 e. The largest absolute Gasteiger partial charge is 0.342 e. The first-order valence-corrected chi connectivity index (χ1v) is 7.40. The summed E-state index contributed by atoms with van der Waals surface area (Å²) in [4.78, 5) is 11.9. The molecule has 3 nitrogen and oxygen atoms in total. The molecule has 6 heteroatoms. The molecule has 3 heterocycles. The lowest BCUT2D eigenvalue weighted by Gasteiger charge is -2.05. The van der Waals surface area contributed by atoms with Crippen LogP contribution in [0.3, 0.4) is 0 Å². The molecule has 0 atom stereocenters. The third-order valence-corrected chi connectivity index (χ3v) is 4.33. The van der Waals surface area contributed by atoms with Gasteiger partial charge in [-0.05, 0) is 22.0 Å². The Balaban J connectivity index is 2.16. The van der Waals surface area contributed by atoms with Crippen LogP contribution in [-0.4, -0.2) is 15.0 Å². The zero-order chi connectivity index (χ0) is 11.8. The van der Waals surface area contributed by atoms with Gasteiger partial charge in [-0.1, -0.05) is 12.2 Å². The van der Waals surface area contributed by atoms with Crippen LogP contribution in [0.2, 0.25) is 0 Å². The molecule has 1 N–H and O–H groups in total. The fraction of sp³-hybridized carbons (Fsp3) is 0.182. The van der Waals surface area contributed by atoms with E-state index in [-0.39, 0.29) is 0 Å². The van der Waals surface area contributed by atoms with Crippen molar-refractivity contribution in [3.8, 4) is 11.4 Å². The summed E-state index contributed by atoms with van der Waals surface area (Å²) in [5, 5.41) is 0. The quantitative estimate of drug-likeness (QED) is 0.811. The second-order valence-corrected chi connectivity index (χ2v) is 6.02. The maximum atomic E-state index is 5.32. The van der Waals surface area contributed by atoms with Gasteiger partial charge in [0, 0.05) is 45.2 Å². The first-order chi connectivity index (χ1) is 8.24. The van der Waals surface area contributed by atoms with E-state index in [4.69, 9.17) is 12.2 Å². The predicted molar refractivity (Wildman–Crippen MR) is 75.4 cm³/mol. The Morgan fingerprint density at radius 1 is 1.35 bits per heavy atom. The van der Waals surface area contributed by atoms with E-state index in [9.17, 15) is 0 Å². The molecule has 0 bridgehead atoms. The zero-order valence-electron chi connectivity index (χ0n) is 8.74. The van der Waals surface area contributed by atoms with E-state index < -0.39 is 0 Å². The van der Waals surface area contributed by atoms with Crippen LogP contribution in [0, 0.1) is 4.64 Å². The van der Waals surface area contributed by atoms with Gasteiger partial charge in [0.2, 0.25) is 0 Å². The molecule has 0 aromatic carbocycles. The zero-order valence-corrected chi connectivity index (χ0v) is 12.0. The molecule has 1 aliphatic rings. The van der Waals surface area contributed by atoms with Crippen LogP contribution in [0.15, 0.2) is 22.9 Å². The normalized spacial score (nSPS) is 13.7. The molecule has 86 valence electrons. The fourth-order valence-electron chi connectivity index (χ4n) is 1.75. The van der Waals surface area contributed by atoms with E-state index in [0.29, 0.717) is 4.64 Å². The fourth-order valence-corrected chi connectivity index (χ4v) is 3.56. The first kappa shape index (κ1) is 11.4. The van der Waals surface area contributed by atoms with Crippen molar-refractivity contribution in [1.82, 2.24) is 15.0 Å². The third kappa shape index (κ3) is 2.17. The number of aromatic amines is 1. The SMILES string of the molecule is S=c1nc(-c2cncc(Br)c2)[nH]c2c1CSC2. The van der Waals surface area contributed by atoms with Gasteiger partial charge in [0.15, 0.2) is 0 Å². The van der Waals surface area contributed by atoms with E-state index in [1.54, 1.807) is 12.4 Å². The van der Waals surface area contributed by atoms with Gasteiger partial charge < -0.3 is 4.98 Å². The molecule has 0 radical (unpaired) electrons. The van der Waals surface area contributed by atoms with Gasteiger partial charge in [-0.15, -0.1) is 0 Å². The summed E-state index contributed by atoms with van der Waals surface area (Å²) in [5.41, 5.74) is 3.33. The highest BCUT2D eigenvalue weighted by Gasteiger charge is 2.15. The summed E-state index contributed by atoms with van der Waals surface area (Å²) in [5.74, 6) is 2.75. The molecular weight excluding hydrogens is 318 g/mol. The van der Waals surface area contributed by atoms with Crippen LogP contribution in [0.1, 0.15) is 11.3 Å². The topological polar surface area (TPSA) is 41.6 Å². The lowest BCUT2D eigenvalue weighted by molar-refractivity contribution is 1.06. The van der Waals surface area contributed by atoms with Crippen molar-refractivity contribution in [3.05, 3.63) is 38.8 Å². The Kier molecular flexibility index (Phi) is 3.02. The van der Waals surface area contributed by atoms with Crippen LogP contribution in [-0.2, 0) is 11.5 Å². The Labute approximate surface area is 116 Å². The summed E-state index contributed by atoms with van der Waals surface area (Å²) in [7, 11) is 0. The van der Waals surface area contributed by atoms with Crippen LogP contribution in [0.5, 0.6) is 0 Å². The molecule has 1 aliphatic heterocycles. The smallest absolute Gasteiger partial charge is 0.140 e. The number of aromatic nitrogens is 3. The van der Waals surface area contributed by atoms with Gasteiger partial charge >= 0.3 is 0 Å². The molecule has 2 aromatic heterocycles. The lowest BCUT2D eigenvalue weighted by Crippen LogP contribution is -1.97. The van der Waals surface area contributed by atoms with Crippen molar-refractivity contribution in [2.24, 2.45) is 0 Å². The number of rotatable bonds is 1. The maximum Gasteiger partial charge on any atom is 0.140 e. The summed E-state index contributed by atoms with van der Waals surface area (Å²) in [6.07, 6.45) is 3.54. The summed E-state index contributed by atoms with van der Waals surface area (Å²) < 4.78 is 1.64. The number of hydrogen-bond donors (Lipinski definition) is 1. The van der Waals surface area contributed by atoms with Gasteiger partial charge in [-0.25, -0.2) is 4.98 Å². The second kappa shape index (κ2) is 4.51. The molecule has 3 rings (SSSR count). The average molecular weight is 326 g/mol. The van der Waals surface area contributed by atoms with Crippen molar-refractivity contribution >= 4 is 39.9 Å². The Morgan fingerprint density at radius 3 is 3.06 bits per heavy atom. The number of halogens is 1. The van der Waals surface area contributed by atoms with Gasteiger partial charge in [0.05, 0.1) is 0 Å². The number of nitrogens with one attached hydrogen (secondary N) is 1. The van der Waals surface area contributed by atoms with E-state index in [0.717, 1.165) is 27.4 Å². The van der Waals surface area contributed by atoms with Crippen molar-refractivity contribution in [3.63, 3.8) is 0 Å². The van der Waals surface area contributed by atoms with E-state index >= 15 is 0 Å². The standard InChI is InChI=1S/C11H8BrN3S2/c12-7-1-6(2-13-3-7)10-14-9-5-17-4-8(9)11(16)15-10/h1-3H,4-5H2,(H,14,15,16). The number of pyridine rings is 1. The summed E-state index contributed by atoms with van der Waals surface area (Å²) in [6, 6.07) is 1.98. The maximum absolute atomic E-state index is 5.32. The number of thioether (sulfide) groups is 1. The van der Waals surface area contributed by atoms with Crippen molar-refractivity contribution in [2.75, 3.05) is 0 Å². The van der Waals surface area contributed by atoms with Gasteiger partial charge in [-0.2, -0.15) is 11.8 Å². The van der Waals surface area contributed by atoms with Crippen LogP contribution >= 0.6 is 39.9 Å². The number of fused-ring (bicyclic) bond motifs is 1. The van der Waals surface area contributed by atoms with E-state index in [1.807, 2.05) is 17.8 Å². The van der Waals surface area contributed by atoms with Crippen molar-refractivity contribution < 1.29 is 0 Å². The number of H-pyrrole nitrogens is 1. The Hall–Kier alpha value is -0.720. The number of hydrogen-bond acceptors (Lipinski definition) is 4. The predicted octanol–water partition coefficient (Wildman–Crippen LogP) is 3.71. The molecular formula is C11H8BrN3S2. The molecule has 0 fully saturated rings. The van der Waals surface area contributed by atoms with Crippen molar-refractivity contribution in [2.45, 2.75) is 11.5 Å². The van der Waals surface area contributed by atoms with Gasteiger partial charge in [0.25, 0.3) is 0 Å². The molecule has 0 saturated heterocycles. The van der Waals surface area contributed by atoms with Crippen molar-refractivity contribution in [1.29, 1.82) is 0 Å². The van der Waals surface area contributed by atoms with Crippen LogP contribution in [0.4, 0.5) is 0 Å². The van der Waals surface area contributed by atoms with Gasteiger partial charge in [-0.3, -0.25) is 4.98 Å². The molecule has 0 saturated carbocycles. The highest BCUT2D eigenvalue weighted by atomic mass is 79.9. The Morgan fingerprint density at radius 2 is 2.24 bits per heavy atom. The highest BCUT2D eigenvalue weighted by Crippen LogP contribution is 2.30. The minimum atomic E-state index is 0.707. The third-order valence-electron chi connectivity index (χ3n) is 2.58. The highest BCUT2D eigenvalue weighted by molar-refractivity contribution is 9.10. The average Bonchev–Trinajstić information content (AvgIpc) is 2.77. The Bertz CT molecular complexity index is 639. The van der Waals surface area contributed by atoms with Gasteiger partial charge in [0.1, 0.15) is 10.5 Å². The summed E-state index contributed by atoms with van der Waals surface area (Å²) >= 11 is 10.6. The van der Waals surface area contributed by atoms with E-state index in [2.05, 4.69) is 30.9 Å². The molecule has 0 unspecified atom stereocenters.